The fourth-order valence-corrected chi connectivity index (χ4v) is 1.57. The second-order valence-corrected chi connectivity index (χ2v) is 4.05. The number of hydrogen-bond donors (Lipinski definition) is 1. The summed E-state index contributed by atoms with van der Waals surface area (Å²) in [5.41, 5.74) is 0. The summed E-state index contributed by atoms with van der Waals surface area (Å²) in [5.74, 6) is -1.64. The first-order valence-electron chi connectivity index (χ1n) is 6.61. The molecule has 0 amide bonds. The van der Waals surface area contributed by atoms with Crippen molar-refractivity contribution < 1.29 is 18.3 Å². The maximum Gasteiger partial charge on any atom is 0.190 e. The van der Waals surface area contributed by atoms with Crippen LogP contribution in [0.3, 0.4) is 0 Å². The molecule has 1 aromatic carbocycles. The molecule has 0 heterocycles. The van der Waals surface area contributed by atoms with Gasteiger partial charge in [0, 0.05) is 19.8 Å². The molecule has 108 valence electrons. The fraction of sp³-hybridized carbons (Fsp3) is 0.571. The molecular formula is C14H21F2NO2. The maximum atomic E-state index is 13.2. The minimum absolute atomic E-state index is 0.239. The van der Waals surface area contributed by atoms with Crippen molar-refractivity contribution in [3.63, 3.8) is 0 Å². The molecule has 3 nitrogen and oxygen atoms in total. The van der Waals surface area contributed by atoms with Crippen molar-refractivity contribution in [2.75, 3.05) is 32.9 Å². The van der Waals surface area contributed by atoms with Crippen molar-refractivity contribution in [1.29, 1.82) is 0 Å². The Morgan fingerprint density at radius 2 is 1.79 bits per heavy atom. The highest BCUT2D eigenvalue weighted by atomic mass is 19.1. The molecule has 0 aliphatic rings. The molecule has 0 bridgehead atoms. The van der Waals surface area contributed by atoms with Crippen LogP contribution in [0.1, 0.15) is 19.8 Å². The molecule has 0 atom stereocenters. The van der Waals surface area contributed by atoms with Crippen LogP contribution in [0.25, 0.3) is 0 Å². The predicted octanol–water partition coefficient (Wildman–Crippen LogP) is 2.75. The predicted molar refractivity (Wildman–Crippen MR) is 70.4 cm³/mol. The quantitative estimate of drug-likeness (QED) is 0.665. The molecule has 1 N–H and O–H groups in total. The van der Waals surface area contributed by atoms with Gasteiger partial charge in [-0.2, -0.15) is 0 Å². The first-order chi connectivity index (χ1) is 9.25. The molecule has 0 spiro atoms. The second-order valence-electron chi connectivity index (χ2n) is 4.05. The Kier molecular flexibility index (Phi) is 8.09. The number of rotatable bonds is 10. The standard InChI is InChI=1S/C14H21F2NO2/c1-2-18-10-4-3-8-17-9-11-19-14-12(15)6-5-7-13(14)16/h5-7,17H,2-4,8-11H2,1H3. The summed E-state index contributed by atoms with van der Waals surface area (Å²) in [4.78, 5) is 0. The molecule has 0 aromatic heterocycles. The Morgan fingerprint density at radius 3 is 2.47 bits per heavy atom. The summed E-state index contributed by atoms with van der Waals surface area (Å²) in [5, 5.41) is 3.15. The number of ether oxygens (including phenoxy) is 2. The molecule has 0 saturated carbocycles. The van der Waals surface area contributed by atoms with Crippen LogP contribution < -0.4 is 10.1 Å². The number of nitrogens with one attached hydrogen (secondary N) is 1. The van der Waals surface area contributed by atoms with Crippen LogP contribution in [0.5, 0.6) is 5.75 Å². The first kappa shape index (κ1) is 15.9. The van der Waals surface area contributed by atoms with Crippen LogP contribution in [0.4, 0.5) is 8.78 Å². The molecule has 5 heteroatoms. The van der Waals surface area contributed by atoms with Gasteiger partial charge in [0.1, 0.15) is 6.61 Å². The topological polar surface area (TPSA) is 30.5 Å². The Hall–Kier alpha value is -1.20. The zero-order valence-corrected chi connectivity index (χ0v) is 11.3. The molecule has 0 fully saturated rings. The number of halogens is 2. The van der Waals surface area contributed by atoms with Crippen LogP contribution in [0.15, 0.2) is 18.2 Å². The fourth-order valence-electron chi connectivity index (χ4n) is 1.57. The summed E-state index contributed by atoms with van der Waals surface area (Å²) in [6.45, 7) is 5.13. The molecule has 0 unspecified atom stereocenters. The summed E-state index contributed by atoms with van der Waals surface area (Å²) in [7, 11) is 0. The summed E-state index contributed by atoms with van der Waals surface area (Å²) in [6, 6.07) is 3.67. The van der Waals surface area contributed by atoms with Gasteiger partial charge in [-0.25, -0.2) is 8.78 Å². The van der Waals surface area contributed by atoms with Crippen LogP contribution in [-0.4, -0.2) is 32.9 Å². The van der Waals surface area contributed by atoms with E-state index >= 15 is 0 Å². The molecule has 0 aliphatic heterocycles. The van der Waals surface area contributed by atoms with E-state index in [4.69, 9.17) is 9.47 Å². The van der Waals surface area contributed by atoms with E-state index in [1.54, 1.807) is 0 Å². The van der Waals surface area contributed by atoms with Gasteiger partial charge in [0.2, 0.25) is 0 Å². The Balaban J connectivity index is 2.05. The lowest BCUT2D eigenvalue weighted by Crippen LogP contribution is -2.22. The van der Waals surface area contributed by atoms with Gasteiger partial charge in [-0.05, 0) is 38.4 Å². The van der Waals surface area contributed by atoms with Crippen molar-refractivity contribution in [2.24, 2.45) is 0 Å². The van der Waals surface area contributed by atoms with Gasteiger partial charge in [0.25, 0.3) is 0 Å². The lowest BCUT2D eigenvalue weighted by molar-refractivity contribution is 0.143. The van der Waals surface area contributed by atoms with Gasteiger partial charge in [0.15, 0.2) is 17.4 Å². The zero-order chi connectivity index (χ0) is 13.9. The maximum absolute atomic E-state index is 13.2. The number of hydrogen-bond acceptors (Lipinski definition) is 3. The smallest absolute Gasteiger partial charge is 0.190 e. The molecule has 1 aromatic rings. The normalized spacial score (nSPS) is 10.7. The number of benzene rings is 1. The molecule has 1 rings (SSSR count). The van der Waals surface area contributed by atoms with E-state index in [1.807, 2.05) is 6.92 Å². The van der Waals surface area contributed by atoms with Crippen molar-refractivity contribution in [3.05, 3.63) is 29.8 Å². The van der Waals surface area contributed by atoms with E-state index < -0.39 is 11.6 Å². The minimum Gasteiger partial charge on any atom is -0.486 e. The third-order valence-corrected chi connectivity index (χ3v) is 2.54. The van der Waals surface area contributed by atoms with Crippen LogP contribution in [0.2, 0.25) is 0 Å². The number of para-hydroxylation sites is 1. The van der Waals surface area contributed by atoms with E-state index in [9.17, 15) is 8.78 Å². The average molecular weight is 273 g/mol. The Labute approximate surface area is 112 Å². The molecule has 0 saturated heterocycles. The third kappa shape index (κ3) is 6.50. The van der Waals surface area contributed by atoms with E-state index in [0.717, 1.165) is 32.6 Å². The molecular weight excluding hydrogens is 252 g/mol. The van der Waals surface area contributed by atoms with Crippen LogP contribution >= 0.6 is 0 Å². The van der Waals surface area contributed by atoms with Crippen molar-refractivity contribution in [1.82, 2.24) is 5.32 Å². The van der Waals surface area contributed by atoms with Crippen molar-refractivity contribution in [2.45, 2.75) is 19.8 Å². The summed E-state index contributed by atoms with van der Waals surface area (Å²) in [6.07, 6.45) is 2.01. The Morgan fingerprint density at radius 1 is 1.05 bits per heavy atom. The van der Waals surface area contributed by atoms with Crippen LogP contribution in [-0.2, 0) is 4.74 Å². The lowest BCUT2D eigenvalue weighted by Gasteiger charge is -2.09. The summed E-state index contributed by atoms with van der Waals surface area (Å²) < 4.78 is 36.7. The van der Waals surface area contributed by atoms with Gasteiger partial charge in [-0.15, -0.1) is 0 Å². The van der Waals surface area contributed by atoms with E-state index in [-0.39, 0.29) is 12.4 Å². The van der Waals surface area contributed by atoms with Crippen molar-refractivity contribution in [3.8, 4) is 5.75 Å². The highest BCUT2D eigenvalue weighted by Gasteiger charge is 2.08. The van der Waals surface area contributed by atoms with Crippen LogP contribution in [0, 0.1) is 11.6 Å². The lowest BCUT2D eigenvalue weighted by atomic mass is 10.3. The van der Waals surface area contributed by atoms with Gasteiger partial charge in [-0.3, -0.25) is 0 Å². The van der Waals surface area contributed by atoms with Crippen molar-refractivity contribution >= 4 is 0 Å². The zero-order valence-electron chi connectivity index (χ0n) is 11.3. The SMILES string of the molecule is CCOCCCCNCCOc1c(F)cccc1F. The van der Waals surface area contributed by atoms with Gasteiger partial charge >= 0.3 is 0 Å². The average Bonchev–Trinajstić information content (AvgIpc) is 2.40. The van der Waals surface area contributed by atoms with E-state index in [0.29, 0.717) is 6.54 Å². The molecule has 0 radical (unpaired) electrons. The van der Waals surface area contributed by atoms with E-state index in [1.165, 1.54) is 18.2 Å². The highest BCUT2D eigenvalue weighted by Crippen LogP contribution is 2.20. The van der Waals surface area contributed by atoms with E-state index in [2.05, 4.69) is 5.32 Å². The second kappa shape index (κ2) is 9.69. The monoisotopic (exact) mass is 273 g/mol. The molecule has 0 aliphatic carbocycles. The summed E-state index contributed by atoms with van der Waals surface area (Å²) >= 11 is 0. The molecule has 19 heavy (non-hydrogen) atoms. The van der Waals surface area contributed by atoms with Gasteiger partial charge in [-0.1, -0.05) is 6.07 Å². The third-order valence-electron chi connectivity index (χ3n) is 2.54. The minimum atomic E-state index is -0.670. The Bertz CT molecular complexity index is 341. The number of unbranched alkanes of at least 4 members (excludes halogenated alkanes) is 1. The largest absolute Gasteiger partial charge is 0.486 e. The first-order valence-corrected chi connectivity index (χ1v) is 6.61. The van der Waals surface area contributed by atoms with Gasteiger partial charge < -0.3 is 14.8 Å². The highest BCUT2D eigenvalue weighted by molar-refractivity contribution is 5.25. The van der Waals surface area contributed by atoms with Gasteiger partial charge in [0.05, 0.1) is 0 Å².